The van der Waals surface area contributed by atoms with Crippen molar-refractivity contribution in [1.29, 1.82) is 0 Å². The van der Waals surface area contributed by atoms with Crippen LogP contribution in [0.15, 0.2) is 54.9 Å². The summed E-state index contributed by atoms with van der Waals surface area (Å²) >= 11 is 0. The Bertz CT molecular complexity index is 1140. The largest absolute Gasteiger partial charge is 0.355 e. The Morgan fingerprint density at radius 1 is 0.833 bits per heavy atom. The molecule has 230 valence electrons. The first-order chi connectivity index (χ1) is 19.9. The van der Waals surface area contributed by atoms with E-state index in [0.29, 0.717) is 44.3 Å². The molecule has 10 heteroatoms. The summed E-state index contributed by atoms with van der Waals surface area (Å²) in [6.45, 7) is 12.5. The number of hydrogen-bond donors (Lipinski definition) is 5. The summed E-state index contributed by atoms with van der Waals surface area (Å²) in [5.74, 6) is -1.19. The van der Waals surface area contributed by atoms with E-state index in [1.807, 2.05) is 65.0 Å². The zero-order chi connectivity index (χ0) is 31.1. The molecule has 42 heavy (non-hydrogen) atoms. The summed E-state index contributed by atoms with van der Waals surface area (Å²) in [7, 11) is 0. The molecule has 4 amide bonds. The van der Waals surface area contributed by atoms with Gasteiger partial charge in [0.2, 0.25) is 17.7 Å². The van der Waals surface area contributed by atoms with Crippen LogP contribution in [0.1, 0.15) is 76.7 Å². The Morgan fingerprint density at radius 3 is 2.07 bits per heavy atom. The van der Waals surface area contributed by atoms with Gasteiger partial charge in [0, 0.05) is 31.3 Å². The molecule has 0 aliphatic heterocycles. The van der Waals surface area contributed by atoms with Crippen LogP contribution < -0.4 is 31.6 Å². The van der Waals surface area contributed by atoms with Crippen molar-refractivity contribution in [3.8, 4) is 0 Å². The third-order valence-electron chi connectivity index (χ3n) is 6.72. The topological polar surface area (TPSA) is 143 Å². The number of hydrogen-bond acceptors (Lipinski definition) is 5. The second kappa shape index (κ2) is 17.2. The van der Waals surface area contributed by atoms with E-state index >= 15 is 0 Å². The standard InChI is InChI=1S/C32H48N6O4/c1-7-12-26(37-31(42)27(20-32(4,5)6)38-29(40)24-15-17-33-18-16-24)30(41)36-25(19-23-13-10-9-11-14-23)21-35-22(3)28(39)34-8-2/h9-11,13-18,22,25-27,35H,7-8,12,19-21H2,1-6H3,(H,34,39)(H,36,41)(H,37,42)(H,38,40)/p+1/t22-,25-,26-,27-/m0/s1. The van der Waals surface area contributed by atoms with Crippen LogP contribution in [0.4, 0.5) is 0 Å². The summed E-state index contributed by atoms with van der Waals surface area (Å²) in [4.78, 5) is 55.1. The minimum Gasteiger partial charge on any atom is -0.355 e. The lowest BCUT2D eigenvalue weighted by molar-refractivity contribution is -0.378. The van der Waals surface area contributed by atoms with Crippen LogP contribution in [0.25, 0.3) is 0 Å². The van der Waals surface area contributed by atoms with E-state index in [-0.39, 0.29) is 29.2 Å². The van der Waals surface area contributed by atoms with E-state index in [9.17, 15) is 19.2 Å². The third kappa shape index (κ3) is 12.4. The molecular weight excluding hydrogens is 532 g/mol. The predicted octanol–water partition coefficient (Wildman–Crippen LogP) is 2.16. The molecule has 2 aromatic rings. The van der Waals surface area contributed by atoms with E-state index in [4.69, 9.17) is 0 Å². The average Bonchev–Trinajstić information content (AvgIpc) is 2.95. The number of nitrogens with one attached hydrogen (secondary N) is 6. The minimum absolute atomic E-state index is 0.112. The number of aromatic amines is 1. The summed E-state index contributed by atoms with van der Waals surface area (Å²) in [6, 6.07) is 10.7. The molecule has 0 spiro atoms. The first kappa shape index (κ1) is 34.4. The molecule has 1 aromatic carbocycles. The van der Waals surface area contributed by atoms with Gasteiger partial charge in [-0.05, 0) is 44.1 Å². The van der Waals surface area contributed by atoms with Crippen molar-refractivity contribution in [1.82, 2.24) is 26.6 Å². The number of benzene rings is 1. The average molecular weight is 582 g/mol. The maximum Gasteiger partial charge on any atom is 0.252 e. The normalized spacial score (nSPS) is 14.1. The third-order valence-corrected chi connectivity index (χ3v) is 6.72. The lowest BCUT2D eigenvalue weighted by Gasteiger charge is -2.29. The van der Waals surface area contributed by atoms with Gasteiger partial charge in [-0.15, -0.1) is 0 Å². The van der Waals surface area contributed by atoms with Crippen molar-refractivity contribution >= 4 is 23.6 Å². The monoisotopic (exact) mass is 581 g/mol. The first-order valence-electron chi connectivity index (χ1n) is 14.9. The molecule has 10 nitrogen and oxygen atoms in total. The first-order valence-corrected chi connectivity index (χ1v) is 14.9. The molecule has 0 fully saturated rings. The van der Waals surface area contributed by atoms with Crippen LogP contribution in [0.2, 0.25) is 0 Å². The van der Waals surface area contributed by atoms with Gasteiger partial charge in [-0.3, -0.25) is 19.2 Å². The minimum atomic E-state index is -0.825. The molecule has 0 radical (unpaired) electrons. The molecule has 2 rings (SSSR count). The highest BCUT2D eigenvalue weighted by atomic mass is 16.2. The number of aromatic nitrogens is 1. The molecular formula is C32H49N6O4+. The van der Waals surface area contributed by atoms with Crippen molar-refractivity contribution in [3.05, 3.63) is 66.0 Å². The molecule has 0 saturated heterocycles. The number of likely N-dealkylation sites (N-methyl/N-ethyl adjacent to an activating group) is 1. The van der Waals surface area contributed by atoms with E-state index in [0.717, 1.165) is 5.56 Å². The van der Waals surface area contributed by atoms with Crippen molar-refractivity contribution < 1.29 is 24.2 Å². The SMILES string of the molecule is CCC[C@H](NC(=O)[C@H](CC(C)(C)C)NC(=O)c1cc[nH+]cc1)C(=O)N[C@H](CN[C@@H](C)C(=O)NCC)Cc1ccccc1. The summed E-state index contributed by atoms with van der Waals surface area (Å²) < 4.78 is 0. The van der Waals surface area contributed by atoms with E-state index in [1.165, 1.54) is 0 Å². The molecule has 0 bridgehead atoms. The molecule has 4 atom stereocenters. The second-order valence-corrected chi connectivity index (χ2v) is 11.8. The Kier molecular flexibility index (Phi) is 14.1. The van der Waals surface area contributed by atoms with Crippen LogP contribution in [-0.2, 0) is 20.8 Å². The molecule has 1 heterocycles. The molecule has 6 N–H and O–H groups in total. The Labute approximate surface area is 250 Å². The Morgan fingerprint density at radius 2 is 1.48 bits per heavy atom. The van der Waals surface area contributed by atoms with Crippen LogP contribution in [0, 0.1) is 5.41 Å². The summed E-state index contributed by atoms with van der Waals surface area (Å²) in [6.07, 6.45) is 5.34. The van der Waals surface area contributed by atoms with Crippen LogP contribution in [0.3, 0.4) is 0 Å². The molecule has 0 aliphatic carbocycles. The van der Waals surface area contributed by atoms with Crippen LogP contribution in [0.5, 0.6) is 0 Å². The van der Waals surface area contributed by atoms with Gasteiger partial charge in [-0.2, -0.15) is 0 Å². The lowest BCUT2D eigenvalue weighted by Crippen LogP contribution is -2.57. The fourth-order valence-corrected chi connectivity index (χ4v) is 4.54. The number of amides is 4. The maximum absolute atomic E-state index is 13.6. The molecule has 0 saturated carbocycles. The van der Waals surface area contributed by atoms with Crippen molar-refractivity contribution in [2.75, 3.05) is 13.1 Å². The number of pyridine rings is 1. The van der Waals surface area contributed by atoms with Gasteiger partial charge >= 0.3 is 0 Å². The van der Waals surface area contributed by atoms with Crippen LogP contribution >= 0.6 is 0 Å². The van der Waals surface area contributed by atoms with Gasteiger partial charge in [0.15, 0.2) is 12.4 Å². The summed E-state index contributed by atoms with van der Waals surface area (Å²) in [5, 5.41) is 14.9. The van der Waals surface area contributed by atoms with Gasteiger partial charge < -0.3 is 26.6 Å². The fraction of sp³-hybridized carbons (Fsp3) is 0.531. The highest BCUT2D eigenvalue weighted by Gasteiger charge is 2.31. The summed E-state index contributed by atoms with van der Waals surface area (Å²) in [5.41, 5.74) is 1.22. The van der Waals surface area contributed by atoms with Crippen molar-refractivity contribution in [2.45, 2.75) is 91.4 Å². The highest BCUT2D eigenvalue weighted by molar-refractivity contribution is 5.98. The Hall–Kier alpha value is -3.79. The molecule has 1 aromatic heterocycles. The Balaban J connectivity index is 2.17. The molecule has 0 aliphatic rings. The molecule has 0 unspecified atom stereocenters. The van der Waals surface area contributed by atoms with Gasteiger partial charge in [0.1, 0.15) is 12.1 Å². The number of carbonyl (C=O) groups excluding carboxylic acids is 4. The maximum atomic E-state index is 13.6. The van der Waals surface area contributed by atoms with Gasteiger partial charge in [-0.25, -0.2) is 4.98 Å². The fourth-order valence-electron chi connectivity index (χ4n) is 4.54. The number of H-pyrrole nitrogens is 1. The highest BCUT2D eigenvalue weighted by Crippen LogP contribution is 2.21. The van der Waals surface area contributed by atoms with E-state index in [1.54, 1.807) is 31.5 Å². The van der Waals surface area contributed by atoms with Gasteiger partial charge in [0.05, 0.1) is 11.6 Å². The zero-order valence-electron chi connectivity index (χ0n) is 25.9. The van der Waals surface area contributed by atoms with Gasteiger partial charge in [-0.1, -0.05) is 64.4 Å². The number of carbonyl (C=O) groups is 4. The lowest BCUT2D eigenvalue weighted by atomic mass is 9.87. The zero-order valence-corrected chi connectivity index (χ0v) is 25.9. The predicted molar refractivity (Wildman–Crippen MR) is 163 cm³/mol. The van der Waals surface area contributed by atoms with E-state index < -0.39 is 24.0 Å². The number of rotatable bonds is 16. The van der Waals surface area contributed by atoms with E-state index in [2.05, 4.69) is 31.6 Å². The van der Waals surface area contributed by atoms with Crippen molar-refractivity contribution in [2.24, 2.45) is 5.41 Å². The van der Waals surface area contributed by atoms with Crippen molar-refractivity contribution in [3.63, 3.8) is 0 Å². The van der Waals surface area contributed by atoms with Gasteiger partial charge in [0.25, 0.3) is 5.91 Å². The quantitative estimate of drug-likeness (QED) is 0.207. The van der Waals surface area contributed by atoms with Crippen LogP contribution in [-0.4, -0.2) is 60.9 Å². The smallest absolute Gasteiger partial charge is 0.252 e. The second-order valence-electron chi connectivity index (χ2n) is 11.8.